The molecule has 0 saturated carbocycles. The third-order valence-electron chi connectivity index (χ3n) is 3.73. The Kier molecular flexibility index (Phi) is 2.79. The van der Waals surface area contributed by atoms with Crippen molar-refractivity contribution in [2.75, 3.05) is 0 Å². The highest BCUT2D eigenvalue weighted by Gasteiger charge is 2.10. The zero-order valence-corrected chi connectivity index (χ0v) is 11.5. The van der Waals surface area contributed by atoms with Crippen LogP contribution in [0.5, 0.6) is 0 Å². The van der Waals surface area contributed by atoms with Crippen LogP contribution in [-0.4, -0.2) is 0 Å². The van der Waals surface area contributed by atoms with Crippen LogP contribution >= 0.6 is 0 Å². The molecule has 0 atom stereocenters. The first-order chi connectivity index (χ1) is 10.7. The van der Waals surface area contributed by atoms with Crippen molar-refractivity contribution < 1.29 is 8.81 Å². The summed E-state index contributed by atoms with van der Waals surface area (Å²) in [5.74, 6) is 0.00559. The first kappa shape index (κ1) is 12.8. The summed E-state index contributed by atoms with van der Waals surface area (Å²) < 4.78 is 19.2. The molecule has 4 rings (SSSR count). The van der Waals surface area contributed by atoms with Crippen molar-refractivity contribution in [2.45, 2.75) is 0 Å². The van der Waals surface area contributed by atoms with Gasteiger partial charge in [0, 0.05) is 11.6 Å². The van der Waals surface area contributed by atoms with E-state index in [-0.39, 0.29) is 11.2 Å². The molecule has 0 amide bonds. The van der Waals surface area contributed by atoms with Crippen LogP contribution in [0.4, 0.5) is 4.39 Å². The Balaban J connectivity index is 2.06. The molecule has 2 nitrogen and oxygen atoms in total. The summed E-state index contributed by atoms with van der Waals surface area (Å²) in [5, 5.41) is 2.40. The van der Waals surface area contributed by atoms with Gasteiger partial charge in [0.05, 0.1) is 5.39 Å². The number of hydrogen-bond donors (Lipinski definition) is 0. The molecule has 1 heterocycles. The second kappa shape index (κ2) is 4.81. The molecule has 0 saturated heterocycles. The molecular formula is C19H11FO2. The van der Waals surface area contributed by atoms with Gasteiger partial charge in [0.1, 0.15) is 17.2 Å². The molecule has 1 aromatic heterocycles. The fourth-order valence-electron chi connectivity index (χ4n) is 2.71. The lowest BCUT2D eigenvalue weighted by molar-refractivity contribution is 0.611. The number of fused-ring (bicyclic) bond motifs is 3. The van der Waals surface area contributed by atoms with E-state index in [9.17, 15) is 9.18 Å². The Bertz CT molecular complexity index is 1060. The first-order valence-electron chi connectivity index (χ1n) is 6.94. The maximum Gasteiger partial charge on any atom is 0.193 e. The smallest absolute Gasteiger partial charge is 0.193 e. The van der Waals surface area contributed by atoms with Gasteiger partial charge in [0.15, 0.2) is 5.43 Å². The van der Waals surface area contributed by atoms with Crippen LogP contribution < -0.4 is 5.43 Å². The number of hydrogen-bond acceptors (Lipinski definition) is 2. The second-order valence-corrected chi connectivity index (χ2v) is 5.15. The van der Waals surface area contributed by atoms with Crippen LogP contribution in [0.2, 0.25) is 0 Å². The summed E-state index contributed by atoms with van der Waals surface area (Å²) in [7, 11) is 0. The first-order valence-corrected chi connectivity index (χ1v) is 6.94. The third-order valence-corrected chi connectivity index (χ3v) is 3.73. The minimum Gasteiger partial charge on any atom is -0.456 e. The number of halogens is 1. The molecule has 0 aliphatic carbocycles. The van der Waals surface area contributed by atoms with Gasteiger partial charge in [-0.3, -0.25) is 4.79 Å². The largest absolute Gasteiger partial charge is 0.456 e. The van der Waals surface area contributed by atoms with Crippen LogP contribution in [0.15, 0.2) is 75.9 Å². The Morgan fingerprint density at radius 3 is 2.59 bits per heavy atom. The summed E-state index contributed by atoms with van der Waals surface area (Å²) in [5.41, 5.74) is 0.926. The molecule has 0 unspecified atom stereocenters. The lowest BCUT2D eigenvalue weighted by atomic mass is 10.0. The molecule has 22 heavy (non-hydrogen) atoms. The SMILES string of the molecule is O=c1cc(-c2cccc(F)c2)oc2ccc3ccccc3c12. The van der Waals surface area contributed by atoms with Crippen molar-refractivity contribution in [3.8, 4) is 11.3 Å². The molecular weight excluding hydrogens is 279 g/mol. The Morgan fingerprint density at radius 1 is 0.864 bits per heavy atom. The van der Waals surface area contributed by atoms with Gasteiger partial charge < -0.3 is 4.42 Å². The predicted molar refractivity (Wildman–Crippen MR) is 85.4 cm³/mol. The lowest BCUT2D eigenvalue weighted by Crippen LogP contribution is -2.01. The highest BCUT2D eigenvalue weighted by atomic mass is 19.1. The average Bonchev–Trinajstić information content (AvgIpc) is 2.54. The Hall–Kier alpha value is -2.94. The molecule has 106 valence electrons. The van der Waals surface area contributed by atoms with E-state index in [1.54, 1.807) is 18.2 Å². The summed E-state index contributed by atoms with van der Waals surface area (Å²) in [4.78, 5) is 12.5. The van der Waals surface area contributed by atoms with Gasteiger partial charge in [0.2, 0.25) is 0 Å². The Morgan fingerprint density at radius 2 is 1.73 bits per heavy atom. The molecule has 3 aromatic carbocycles. The fraction of sp³-hybridized carbons (Fsp3) is 0. The van der Waals surface area contributed by atoms with E-state index in [0.717, 1.165) is 10.8 Å². The van der Waals surface area contributed by atoms with Crippen LogP contribution in [0, 0.1) is 5.82 Å². The Labute approximate surface area is 125 Å². The predicted octanol–water partition coefficient (Wildman–Crippen LogP) is 4.75. The van der Waals surface area contributed by atoms with Crippen molar-refractivity contribution >= 4 is 21.7 Å². The topological polar surface area (TPSA) is 30.2 Å². The van der Waals surface area contributed by atoms with Crippen molar-refractivity contribution in [3.05, 3.63) is 82.8 Å². The molecule has 0 radical (unpaired) electrons. The summed E-state index contributed by atoms with van der Waals surface area (Å²) >= 11 is 0. The van der Waals surface area contributed by atoms with Crippen molar-refractivity contribution in [2.24, 2.45) is 0 Å². The number of rotatable bonds is 1. The van der Waals surface area contributed by atoms with Crippen molar-refractivity contribution in [3.63, 3.8) is 0 Å². The fourth-order valence-corrected chi connectivity index (χ4v) is 2.71. The number of benzene rings is 3. The minimum absolute atomic E-state index is 0.127. The van der Waals surface area contributed by atoms with Crippen LogP contribution in [-0.2, 0) is 0 Å². The molecule has 0 fully saturated rings. The second-order valence-electron chi connectivity index (χ2n) is 5.15. The van der Waals surface area contributed by atoms with E-state index < -0.39 is 0 Å². The van der Waals surface area contributed by atoms with E-state index >= 15 is 0 Å². The summed E-state index contributed by atoms with van der Waals surface area (Å²) in [6, 6.07) is 18.8. The zero-order valence-electron chi connectivity index (χ0n) is 11.5. The van der Waals surface area contributed by atoms with Crippen LogP contribution in [0.25, 0.3) is 33.1 Å². The van der Waals surface area contributed by atoms with E-state index in [1.165, 1.54) is 18.2 Å². The van der Waals surface area contributed by atoms with E-state index in [4.69, 9.17) is 4.42 Å². The van der Waals surface area contributed by atoms with Crippen LogP contribution in [0.3, 0.4) is 0 Å². The minimum atomic E-state index is -0.362. The van der Waals surface area contributed by atoms with Crippen LogP contribution in [0.1, 0.15) is 0 Å². The van der Waals surface area contributed by atoms with Crippen molar-refractivity contribution in [1.82, 2.24) is 0 Å². The van der Waals surface area contributed by atoms with Gasteiger partial charge in [-0.15, -0.1) is 0 Å². The zero-order chi connectivity index (χ0) is 15.1. The van der Waals surface area contributed by atoms with Gasteiger partial charge in [-0.25, -0.2) is 4.39 Å². The highest BCUT2D eigenvalue weighted by Crippen LogP contribution is 2.27. The van der Waals surface area contributed by atoms with E-state index in [0.29, 0.717) is 22.3 Å². The van der Waals surface area contributed by atoms with Gasteiger partial charge in [-0.05, 0) is 29.0 Å². The lowest BCUT2D eigenvalue weighted by Gasteiger charge is -2.06. The summed E-state index contributed by atoms with van der Waals surface area (Å²) in [6.07, 6.45) is 0. The van der Waals surface area contributed by atoms with Gasteiger partial charge in [-0.2, -0.15) is 0 Å². The molecule has 0 N–H and O–H groups in total. The normalized spacial score (nSPS) is 11.1. The molecule has 0 aliphatic heterocycles. The highest BCUT2D eigenvalue weighted by molar-refractivity contribution is 6.05. The molecule has 3 heteroatoms. The maximum atomic E-state index is 13.4. The van der Waals surface area contributed by atoms with E-state index in [2.05, 4.69) is 0 Å². The maximum absolute atomic E-state index is 13.4. The third kappa shape index (κ3) is 1.99. The quantitative estimate of drug-likeness (QED) is 0.473. The molecule has 0 spiro atoms. The van der Waals surface area contributed by atoms with Crippen molar-refractivity contribution in [1.29, 1.82) is 0 Å². The standard InChI is InChI=1S/C19H11FO2/c20-14-6-3-5-13(10-14)18-11-16(21)19-15-7-2-1-4-12(15)8-9-17(19)22-18/h1-11H. The average molecular weight is 290 g/mol. The van der Waals surface area contributed by atoms with Gasteiger partial charge >= 0.3 is 0 Å². The van der Waals surface area contributed by atoms with Gasteiger partial charge in [0.25, 0.3) is 0 Å². The molecule has 0 aliphatic rings. The summed E-state index contributed by atoms with van der Waals surface area (Å²) in [6.45, 7) is 0. The monoisotopic (exact) mass is 290 g/mol. The van der Waals surface area contributed by atoms with E-state index in [1.807, 2.05) is 30.3 Å². The molecule has 4 aromatic rings. The van der Waals surface area contributed by atoms with Gasteiger partial charge in [-0.1, -0.05) is 42.5 Å². The molecule has 0 bridgehead atoms.